The molecule has 0 unspecified atom stereocenters. The van der Waals surface area contributed by atoms with E-state index in [0.29, 0.717) is 6.04 Å². The third-order valence-electron chi connectivity index (χ3n) is 3.24. The largest absolute Gasteiger partial charge is 0.353 e. The van der Waals surface area contributed by atoms with E-state index in [1.807, 2.05) is 6.92 Å². The minimum Gasteiger partial charge on any atom is -0.353 e. The van der Waals surface area contributed by atoms with Crippen LogP contribution < -0.4 is 4.90 Å². The molecule has 4 heteroatoms. The van der Waals surface area contributed by atoms with E-state index in [9.17, 15) is 0 Å². The number of alkyl halides is 1. The van der Waals surface area contributed by atoms with E-state index in [1.165, 1.54) is 0 Å². The van der Waals surface area contributed by atoms with Gasteiger partial charge in [-0.1, -0.05) is 36.7 Å². The highest BCUT2D eigenvalue weighted by atomic mass is 79.9. The molecule has 0 aliphatic heterocycles. The van der Waals surface area contributed by atoms with Gasteiger partial charge in [-0.25, -0.2) is 9.97 Å². The molecule has 1 aromatic heterocycles. The van der Waals surface area contributed by atoms with E-state index in [4.69, 9.17) is 0 Å². The molecule has 0 aliphatic rings. The highest BCUT2D eigenvalue weighted by molar-refractivity contribution is 9.09. The Labute approximate surface area is 119 Å². The molecule has 0 fully saturated rings. The molecule has 1 heterocycles. The Morgan fingerprint density at radius 3 is 2.39 bits per heavy atom. The topological polar surface area (TPSA) is 29.0 Å². The number of hydrogen-bond acceptors (Lipinski definition) is 3. The summed E-state index contributed by atoms with van der Waals surface area (Å²) < 4.78 is 0. The first-order valence-electron chi connectivity index (χ1n) is 6.83. The summed E-state index contributed by atoms with van der Waals surface area (Å²) in [6.45, 7) is 9.58. The van der Waals surface area contributed by atoms with Crippen molar-refractivity contribution >= 4 is 21.7 Å². The Balaban J connectivity index is 3.07. The van der Waals surface area contributed by atoms with Gasteiger partial charge in [-0.15, -0.1) is 0 Å². The molecule has 1 rings (SSSR count). The number of anilines is 1. The maximum absolute atomic E-state index is 4.61. The predicted molar refractivity (Wildman–Crippen MR) is 81.7 cm³/mol. The Kier molecular flexibility index (Phi) is 6.61. The van der Waals surface area contributed by atoms with Crippen LogP contribution in [0.1, 0.15) is 45.1 Å². The summed E-state index contributed by atoms with van der Waals surface area (Å²) in [4.78, 5) is 11.5. The van der Waals surface area contributed by atoms with E-state index in [2.05, 4.69) is 57.6 Å². The minimum atomic E-state index is 0.557. The molecular formula is C14H24BrN3. The number of hydrogen-bond donors (Lipinski definition) is 0. The van der Waals surface area contributed by atoms with Crippen molar-refractivity contribution in [2.75, 3.05) is 16.8 Å². The Morgan fingerprint density at radius 2 is 1.89 bits per heavy atom. The van der Waals surface area contributed by atoms with Crippen LogP contribution in [-0.2, 0) is 6.42 Å². The maximum atomic E-state index is 4.61. The van der Waals surface area contributed by atoms with Crippen molar-refractivity contribution < 1.29 is 0 Å². The zero-order chi connectivity index (χ0) is 13.5. The smallest absolute Gasteiger partial charge is 0.132 e. The van der Waals surface area contributed by atoms with Crippen molar-refractivity contribution in [2.24, 2.45) is 0 Å². The second-order valence-corrected chi connectivity index (χ2v) is 5.26. The van der Waals surface area contributed by atoms with Gasteiger partial charge in [0.25, 0.3) is 0 Å². The lowest BCUT2D eigenvalue weighted by Gasteiger charge is -2.31. The average molecular weight is 314 g/mol. The molecule has 0 saturated heterocycles. The van der Waals surface area contributed by atoms with Crippen LogP contribution >= 0.6 is 15.9 Å². The normalized spacial score (nSPS) is 11.0. The fraction of sp³-hybridized carbons (Fsp3) is 0.714. The number of nitrogens with zero attached hydrogens (tertiary/aromatic N) is 3. The first-order chi connectivity index (χ1) is 8.65. The van der Waals surface area contributed by atoms with Crippen LogP contribution in [-0.4, -0.2) is 27.9 Å². The Morgan fingerprint density at radius 1 is 1.22 bits per heavy atom. The van der Waals surface area contributed by atoms with Crippen molar-refractivity contribution in [1.29, 1.82) is 0 Å². The van der Waals surface area contributed by atoms with Gasteiger partial charge in [0.1, 0.15) is 11.6 Å². The van der Waals surface area contributed by atoms with Crippen molar-refractivity contribution in [3.8, 4) is 0 Å². The monoisotopic (exact) mass is 313 g/mol. The predicted octanol–water partition coefficient (Wildman–Crippen LogP) is 3.74. The summed E-state index contributed by atoms with van der Waals surface area (Å²) >= 11 is 3.54. The van der Waals surface area contributed by atoms with Gasteiger partial charge in [0, 0.05) is 29.7 Å². The van der Waals surface area contributed by atoms with E-state index in [-0.39, 0.29) is 0 Å². The minimum absolute atomic E-state index is 0.557. The average Bonchev–Trinajstić information content (AvgIpc) is 2.38. The van der Waals surface area contributed by atoms with Crippen LogP contribution in [0.4, 0.5) is 5.82 Å². The van der Waals surface area contributed by atoms with Crippen LogP contribution in [0.25, 0.3) is 0 Å². The lowest BCUT2D eigenvalue weighted by molar-refractivity contribution is 0.562. The van der Waals surface area contributed by atoms with Crippen molar-refractivity contribution in [3.63, 3.8) is 0 Å². The number of rotatable bonds is 7. The van der Waals surface area contributed by atoms with Gasteiger partial charge in [-0.3, -0.25) is 0 Å². The molecule has 18 heavy (non-hydrogen) atoms. The van der Waals surface area contributed by atoms with Crippen LogP contribution in [0, 0.1) is 6.92 Å². The highest BCUT2D eigenvalue weighted by Crippen LogP contribution is 2.19. The first-order valence-corrected chi connectivity index (χ1v) is 7.95. The van der Waals surface area contributed by atoms with Gasteiger partial charge in [0.15, 0.2) is 0 Å². The lowest BCUT2D eigenvalue weighted by Crippen LogP contribution is -2.37. The molecule has 0 saturated carbocycles. The highest BCUT2D eigenvalue weighted by Gasteiger charge is 2.17. The summed E-state index contributed by atoms with van der Waals surface area (Å²) in [6.07, 6.45) is 3.25. The summed E-state index contributed by atoms with van der Waals surface area (Å²) in [5.74, 6) is 1.95. The van der Waals surface area contributed by atoms with Crippen molar-refractivity contribution in [1.82, 2.24) is 9.97 Å². The van der Waals surface area contributed by atoms with E-state index < -0.39 is 0 Å². The van der Waals surface area contributed by atoms with Gasteiger partial charge in [-0.05, 0) is 26.2 Å². The molecule has 0 amide bonds. The molecule has 102 valence electrons. The molecule has 0 radical (unpaired) electrons. The number of aryl methyl sites for hydroxylation is 2. The zero-order valence-corrected chi connectivity index (χ0v) is 13.5. The molecule has 0 atom stereocenters. The van der Waals surface area contributed by atoms with Crippen molar-refractivity contribution in [2.45, 2.75) is 53.0 Å². The molecule has 0 aliphatic carbocycles. The quantitative estimate of drug-likeness (QED) is 0.718. The maximum Gasteiger partial charge on any atom is 0.132 e. The first kappa shape index (κ1) is 15.4. The van der Waals surface area contributed by atoms with E-state index in [0.717, 1.165) is 48.5 Å². The molecule has 1 aromatic rings. The van der Waals surface area contributed by atoms with Gasteiger partial charge in [0.2, 0.25) is 0 Å². The van der Waals surface area contributed by atoms with Crippen LogP contribution in [0.2, 0.25) is 0 Å². The van der Waals surface area contributed by atoms with Crippen molar-refractivity contribution in [3.05, 3.63) is 17.6 Å². The Hall–Kier alpha value is -0.640. The van der Waals surface area contributed by atoms with Crippen LogP contribution in [0.15, 0.2) is 6.07 Å². The fourth-order valence-corrected chi connectivity index (χ4v) is 2.63. The summed E-state index contributed by atoms with van der Waals surface area (Å²) in [5.41, 5.74) is 1.13. The number of aromatic nitrogens is 2. The molecule has 0 aromatic carbocycles. The molecular weight excluding hydrogens is 290 g/mol. The van der Waals surface area contributed by atoms with Gasteiger partial charge in [-0.2, -0.15) is 0 Å². The molecule has 3 nitrogen and oxygen atoms in total. The zero-order valence-electron chi connectivity index (χ0n) is 11.9. The molecule has 0 N–H and O–H groups in total. The third-order valence-corrected chi connectivity index (χ3v) is 3.60. The second-order valence-electron chi connectivity index (χ2n) is 4.47. The third kappa shape index (κ3) is 3.94. The lowest BCUT2D eigenvalue weighted by atomic mass is 10.1. The summed E-state index contributed by atoms with van der Waals surface area (Å²) in [7, 11) is 0. The molecule has 0 bridgehead atoms. The van der Waals surface area contributed by atoms with Gasteiger partial charge < -0.3 is 4.90 Å². The van der Waals surface area contributed by atoms with Crippen LogP contribution in [0.3, 0.4) is 0 Å². The number of halogens is 1. The van der Waals surface area contributed by atoms with E-state index >= 15 is 0 Å². The second kappa shape index (κ2) is 7.72. The fourth-order valence-electron chi connectivity index (χ4n) is 2.25. The van der Waals surface area contributed by atoms with Gasteiger partial charge >= 0.3 is 0 Å². The standard InChI is InChI=1S/C14H24BrN3/c1-5-12-10-14(17-11(4)16-12)18(9-8-15)13(6-2)7-3/h10,13H,5-9H2,1-4H3. The SMILES string of the molecule is CCc1cc(N(CCBr)C(CC)CC)nc(C)n1. The summed E-state index contributed by atoms with van der Waals surface area (Å²) in [5, 5.41) is 0.966. The van der Waals surface area contributed by atoms with Crippen LogP contribution in [0.5, 0.6) is 0 Å². The Bertz CT molecular complexity index is 364. The van der Waals surface area contributed by atoms with Gasteiger partial charge in [0.05, 0.1) is 0 Å². The molecule has 0 spiro atoms. The summed E-state index contributed by atoms with van der Waals surface area (Å²) in [6, 6.07) is 2.69. The van der Waals surface area contributed by atoms with E-state index in [1.54, 1.807) is 0 Å².